The monoisotopic (exact) mass is 258 g/mol. The van der Waals surface area contributed by atoms with Gasteiger partial charge in [-0.3, -0.25) is 0 Å². The van der Waals surface area contributed by atoms with Crippen LogP contribution in [-0.4, -0.2) is 23.1 Å². The third kappa shape index (κ3) is 1.33. The van der Waals surface area contributed by atoms with Gasteiger partial charge in [-0.2, -0.15) is 4.58 Å². The molecule has 0 aromatic heterocycles. The molecule has 2 nitrogen and oxygen atoms in total. The molecule has 2 aliphatic rings. The maximum absolute atomic E-state index is 5.77. The number of rotatable bonds is 0. The maximum Gasteiger partial charge on any atom is 0.339 e. The quantitative estimate of drug-likeness (QED) is 0.609. The highest BCUT2D eigenvalue weighted by Gasteiger charge is 2.51. The molecule has 1 saturated carbocycles. The van der Waals surface area contributed by atoms with Gasteiger partial charge in [-0.15, -0.1) is 0 Å². The van der Waals surface area contributed by atoms with E-state index in [1.807, 2.05) is 11.9 Å². The molecule has 3 heteroatoms. The van der Waals surface area contributed by atoms with Gasteiger partial charge in [0, 0.05) is 17.8 Å². The Morgan fingerprint density at radius 1 is 1.36 bits per heavy atom. The first-order valence-corrected chi connectivity index (χ1v) is 6.18. The Hall–Kier alpha value is -0.310. The Morgan fingerprint density at radius 3 is 2.57 bits per heavy atom. The number of halogens is 1. The van der Waals surface area contributed by atoms with E-state index < -0.39 is 0 Å². The molecule has 0 amide bonds. The summed E-state index contributed by atoms with van der Waals surface area (Å²) >= 11 is 3.41. The van der Waals surface area contributed by atoms with Crippen LogP contribution in [0.4, 0.5) is 0 Å². The molecule has 0 bridgehead atoms. The summed E-state index contributed by atoms with van der Waals surface area (Å²) in [4.78, 5) is 1.95. The van der Waals surface area contributed by atoms with Crippen molar-refractivity contribution < 1.29 is 9.31 Å². The van der Waals surface area contributed by atoms with Gasteiger partial charge in [-0.25, -0.2) is 0 Å². The molecule has 0 radical (unpaired) electrons. The number of ether oxygens (including phenoxy) is 1. The van der Waals surface area contributed by atoms with Crippen LogP contribution in [-0.2, 0) is 4.74 Å². The van der Waals surface area contributed by atoms with E-state index in [0.717, 1.165) is 11.7 Å². The zero-order chi connectivity index (χ0) is 10.2. The fraction of sp³-hybridized carbons (Fsp3) is 0.727. The van der Waals surface area contributed by atoms with Crippen LogP contribution in [0.25, 0.3) is 0 Å². The molecule has 78 valence electrons. The summed E-state index contributed by atoms with van der Waals surface area (Å²) in [5.74, 6) is 2.12. The average molecular weight is 259 g/mol. The van der Waals surface area contributed by atoms with Crippen molar-refractivity contribution in [3.8, 4) is 0 Å². The summed E-state index contributed by atoms with van der Waals surface area (Å²) in [6, 6.07) is 0. The van der Waals surface area contributed by atoms with Crippen molar-refractivity contribution in [3.05, 3.63) is 10.7 Å². The smallest absolute Gasteiger partial charge is 0.339 e. The van der Waals surface area contributed by atoms with E-state index in [1.165, 1.54) is 32.1 Å². The van der Waals surface area contributed by atoms with Crippen LogP contribution in [0.5, 0.6) is 0 Å². The minimum absolute atomic E-state index is 0.159. The Morgan fingerprint density at radius 2 is 2.00 bits per heavy atom. The second-order valence-corrected chi connectivity index (χ2v) is 4.70. The summed E-state index contributed by atoms with van der Waals surface area (Å²) < 4.78 is 8.08. The van der Waals surface area contributed by atoms with Crippen molar-refractivity contribution in [2.24, 2.45) is 0 Å². The first-order valence-electron chi connectivity index (χ1n) is 5.27. The lowest BCUT2D eigenvalue weighted by atomic mass is 9.80. The topological polar surface area (TPSA) is 12.2 Å². The van der Waals surface area contributed by atoms with Crippen LogP contribution in [0, 0.1) is 0 Å². The fourth-order valence-corrected chi connectivity index (χ4v) is 3.15. The van der Waals surface area contributed by atoms with E-state index in [-0.39, 0.29) is 5.54 Å². The highest BCUT2D eigenvalue weighted by Crippen LogP contribution is 2.41. The third-order valence-corrected chi connectivity index (χ3v) is 4.03. The highest BCUT2D eigenvalue weighted by atomic mass is 79.9. The molecule has 0 aromatic carbocycles. The second kappa shape index (κ2) is 3.69. The molecule has 1 fully saturated rings. The molecular formula is C11H17BrNO+. The molecule has 0 N–H and O–H groups in total. The molecular weight excluding hydrogens is 242 g/mol. The molecule has 0 aromatic rings. The molecule has 0 atom stereocenters. The van der Waals surface area contributed by atoms with Crippen molar-refractivity contribution in [2.45, 2.75) is 44.6 Å². The van der Waals surface area contributed by atoms with Crippen molar-refractivity contribution in [2.75, 3.05) is 7.05 Å². The normalized spacial score (nSPS) is 28.6. The summed E-state index contributed by atoms with van der Waals surface area (Å²) in [6.07, 6.45) is 6.43. The standard InChI is InChI=1S/C11H17BrNO/c1-9-13(2)11(10(8-12)14-9)6-4-3-5-7-11/h8H,3-7H2,1-2H3/q+1/b10-8-. The van der Waals surface area contributed by atoms with Crippen LogP contribution >= 0.6 is 15.9 Å². The predicted molar refractivity (Wildman–Crippen MR) is 60.8 cm³/mol. The summed E-state index contributed by atoms with van der Waals surface area (Å²) in [7, 11) is 2.14. The van der Waals surface area contributed by atoms with Gasteiger partial charge in [0.1, 0.15) is 7.05 Å². The molecule has 0 unspecified atom stereocenters. The van der Waals surface area contributed by atoms with Crippen LogP contribution in [0.1, 0.15) is 39.0 Å². The van der Waals surface area contributed by atoms with Crippen molar-refractivity contribution >= 4 is 21.8 Å². The molecule has 0 saturated heterocycles. The van der Waals surface area contributed by atoms with E-state index in [4.69, 9.17) is 4.74 Å². The largest absolute Gasteiger partial charge is 0.405 e. The molecule has 2 rings (SSSR count). The van der Waals surface area contributed by atoms with Gasteiger partial charge in [0.05, 0.1) is 6.92 Å². The van der Waals surface area contributed by atoms with Gasteiger partial charge in [0.15, 0.2) is 5.76 Å². The van der Waals surface area contributed by atoms with E-state index in [2.05, 4.69) is 27.6 Å². The van der Waals surface area contributed by atoms with Crippen molar-refractivity contribution in [3.63, 3.8) is 0 Å². The van der Waals surface area contributed by atoms with Crippen LogP contribution in [0.15, 0.2) is 10.7 Å². The Labute approximate surface area is 93.8 Å². The highest BCUT2D eigenvalue weighted by molar-refractivity contribution is 9.11. The number of likely N-dealkylation sites (N-methyl/N-ethyl adjacent to an activating group) is 1. The molecule has 14 heavy (non-hydrogen) atoms. The Balaban J connectivity index is 2.38. The van der Waals surface area contributed by atoms with Gasteiger partial charge >= 0.3 is 5.90 Å². The van der Waals surface area contributed by atoms with Crippen LogP contribution in [0.3, 0.4) is 0 Å². The summed E-state index contributed by atoms with van der Waals surface area (Å²) in [6.45, 7) is 2.04. The van der Waals surface area contributed by atoms with Crippen molar-refractivity contribution in [1.82, 2.24) is 0 Å². The van der Waals surface area contributed by atoms with Crippen LogP contribution in [0.2, 0.25) is 0 Å². The van der Waals surface area contributed by atoms with Gasteiger partial charge < -0.3 is 4.74 Å². The fourth-order valence-electron chi connectivity index (χ4n) is 2.63. The number of hydrogen-bond donors (Lipinski definition) is 0. The van der Waals surface area contributed by atoms with Gasteiger partial charge in [-0.05, 0) is 12.8 Å². The van der Waals surface area contributed by atoms with E-state index in [1.54, 1.807) is 0 Å². The second-order valence-electron chi connectivity index (χ2n) is 4.25. The van der Waals surface area contributed by atoms with Crippen LogP contribution < -0.4 is 0 Å². The molecule has 1 aliphatic heterocycles. The van der Waals surface area contributed by atoms with Crippen molar-refractivity contribution in [1.29, 1.82) is 0 Å². The molecule has 1 spiro atoms. The maximum atomic E-state index is 5.77. The minimum atomic E-state index is 0.159. The minimum Gasteiger partial charge on any atom is -0.405 e. The van der Waals surface area contributed by atoms with E-state index in [0.29, 0.717) is 0 Å². The molecule has 1 aliphatic carbocycles. The lowest BCUT2D eigenvalue weighted by molar-refractivity contribution is -0.570. The number of nitrogens with zero attached hydrogens (tertiary/aromatic N) is 1. The lowest BCUT2D eigenvalue weighted by Crippen LogP contribution is -2.41. The zero-order valence-electron chi connectivity index (χ0n) is 8.85. The lowest BCUT2D eigenvalue weighted by Gasteiger charge is -2.28. The molecule has 1 heterocycles. The average Bonchev–Trinajstić information content (AvgIpc) is 2.45. The van der Waals surface area contributed by atoms with E-state index >= 15 is 0 Å². The Bertz CT molecular complexity index is 300. The zero-order valence-corrected chi connectivity index (χ0v) is 10.4. The first kappa shape index (κ1) is 10.2. The van der Waals surface area contributed by atoms with Gasteiger partial charge in [-0.1, -0.05) is 22.4 Å². The van der Waals surface area contributed by atoms with Gasteiger partial charge in [0.25, 0.3) is 0 Å². The first-order chi connectivity index (χ1) is 6.70. The Kier molecular flexibility index (Phi) is 2.69. The predicted octanol–water partition coefficient (Wildman–Crippen LogP) is 3.02. The SMILES string of the molecule is CC1=[N+](C)C2(CCCCC2)/C(=C/Br)O1. The van der Waals surface area contributed by atoms with E-state index in [9.17, 15) is 0 Å². The third-order valence-electron chi connectivity index (χ3n) is 3.61. The number of hydrogen-bond acceptors (Lipinski definition) is 1. The van der Waals surface area contributed by atoms with Gasteiger partial charge in [0.2, 0.25) is 5.54 Å². The summed E-state index contributed by atoms with van der Waals surface area (Å²) in [5, 5.41) is 0. The summed E-state index contributed by atoms with van der Waals surface area (Å²) in [5.41, 5.74) is 0.159.